The van der Waals surface area contributed by atoms with E-state index in [9.17, 15) is 14.9 Å². The summed E-state index contributed by atoms with van der Waals surface area (Å²) in [7, 11) is 0. The van der Waals surface area contributed by atoms with Crippen molar-refractivity contribution in [2.75, 3.05) is 0 Å². The predicted molar refractivity (Wildman–Crippen MR) is 76.2 cm³/mol. The van der Waals surface area contributed by atoms with Crippen LogP contribution in [0.5, 0.6) is 5.75 Å². The van der Waals surface area contributed by atoms with E-state index < -0.39 is 10.8 Å². The fraction of sp³-hybridized carbons (Fsp3) is 0.0909. The van der Waals surface area contributed by atoms with Crippen molar-refractivity contribution in [2.45, 2.75) is 6.61 Å². The summed E-state index contributed by atoms with van der Waals surface area (Å²) in [5.74, 6) is 4.56. The van der Waals surface area contributed by atoms with Gasteiger partial charge in [-0.05, 0) is 12.1 Å². The summed E-state index contributed by atoms with van der Waals surface area (Å²) in [6, 6.07) is 4.09. The minimum absolute atomic E-state index is 0.0170. The normalized spacial score (nSPS) is 10.2. The van der Waals surface area contributed by atoms with E-state index in [0.29, 0.717) is 5.69 Å². The molecule has 1 amide bonds. The van der Waals surface area contributed by atoms with Crippen LogP contribution in [0, 0.1) is 10.1 Å². The monoisotopic (exact) mass is 328 g/mol. The number of hydrazine groups is 1. The van der Waals surface area contributed by atoms with Gasteiger partial charge >= 0.3 is 5.69 Å². The van der Waals surface area contributed by atoms with Crippen molar-refractivity contribution < 1.29 is 14.5 Å². The lowest BCUT2D eigenvalue weighted by atomic mass is 10.3. The number of carbonyl (C=O) groups is 1. The Balaban J connectivity index is 2.11. The molecular weight excluding hydrogens is 320 g/mol. The van der Waals surface area contributed by atoms with Crippen LogP contribution in [0.1, 0.15) is 15.5 Å². The number of carbonyl (C=O) groups excluding carboxylic acids is 1. The molecule has 1 aromatic carbocycles. The Hall–Kier alpha value is -2.23. The summed E-state index contributed by atoms with van der Waals surface area (Å²) < 4.78 is 5.35. The van der Waals surface area contributed by atoms with Crippen LogP contribution in [-0.2, 0) is 6.61 Å². The van der Waals surface area contributed by atoms with Gasteiger partial charge in [0, 0.05) is 16.5 Å². The third kappa shape index (κ3) is 3.66. The first-order valence-electron chi connectivity index (χ1n) is 5.53. The smallest absolute Gasteiger partial charge is 0.312 e. The van der Waals surface area contributed by atoms with Crippen molar-refractivity contribution in [1.82, 2.24) is 10.4 Å². The maximum Gasteiger partial charge on any atom is 0.312 e. The molecule has 0 aliphatic carbocycles. The lowest BCUT2D eigenvalue weighted by molar-refractivity contribution is -0.385. The number of thiazole rings is 1. The van der Waals surface area contributed by atoms with Gasteiger partial charge < -0.3 is 4.74 Å². The number of nitro benzene ring substituents is 1. The van der Waals surface area contributed by atoms with Gasteiger partial charge in [-0.15, -0.1) is 11.3 Å². The van der Waals surface area contributed by atoms with Crippen molar-refractivity contribution >= 4 is 34.5 Å². The third-order valence-corrected chi connectivity index (χ3v) is 3.50. The van der Waals surface area contributed by atoms with E-state index in [0.717, 1.165) is 11.3 Å². The fourth-order valence-corrected chi connectivity index (χ4v) is 2.32. The van der Waals surface area contributed by atoms with Crippen molar-refractivity contribution in [1.29, 1.82) is 0 Å². The highest BCUT2D eigenvalue weighted by Gasteiger charge is 2.16. The lowest BCUT2D eigenvalue weighted by Crippen LogP contribution is -2.29. The first-order chi connectivity index (χ1) is 10.0. The van der Waals surface area contributed by atoms with Crippen molar-refractivity contribution in [3.63, 3.8) is 0 Å². The molecule has 0 saturated carbocycles. The van der Waals surface area contributed by atoms with Crippen LogP contribution in [0.3, 0.4) is 0 Å². The Morgan fingerprint density at radius 3 is 3.00 bits per heavy atom. The van der Waals surface area contributed by atoms with Gasteiger partial charge in [0.05, 0.1) is 10.6 Å². The van der Waals surface area contributed by atoms with Crippen molar-refractivity contribution in [2.24, 2.45) is 5.84 Å². The molecule has 0 fully saturated rings. The zero-order chi connectivity index (χ0) is 15.4. The number of benzene rings is 1. The van der Waals surface area contributed by atoms with Crippen LogP contribution >= 0.6 is 22.9 Å². The van der Waals surface area contributed by atoms with E-state index in [1.807, 2.05) is 5.43 Å². The Morgan fingerprint density at radius 1 is 1.57 bits per heavy atom. The number of rotatable bonds is 5. The van der Waals surface area contributed by atoms with Gasteiger partial charge in [-0.3, -0.25) is 20.3 Å². The van der Waals surface area contributed by atoms with Gasteiger partial charge in [0.1, 0.15) is 6.61 Å². The average molecular weight is 329 g/mol. The number of amides is 1. The number of halogens is 1. The molecule has 21 heavy (non-hydrogen) atoms. The summed E-state index contributed by atoms with van der Waals surface area (Å²) in [5, 5.41) is 12.9. The number of nitrogen functional groups attached to an aromatic ring is 1. The molecule has 0 unspecified atom stereocenters. The minimum Gasteiger partial charge on any atom is -0.480 e. The Bertz CT molecular complexity index is 691. The average Bonchev–Trinajstić information content (AvgIpc) is 2.93. The molecule has 10 heteroatoms. The molecule has 8 nitrogen and oxygen atoms in total. The maximum atomic E-state index is 11.2. The minimum atomic E-state index is -0.588. The standard InChI is InChI=1S/C11H9ClN4O4S/c12-6-1-2-9(8(3-6)16(18)19)20-4-7-5-21-11(14-7)10(17)15-13/h1-3,5H,4,13H2,(H,15,17). The van der Waals surface area contributed by atoms with Gasteiger partial charge in [-0.1, -0.05) is 11.6 Å². The second kappa shape index (κ2) is 6.48. The van der Waals surface area contributed by atoms with Crippen LogP contribution in [0.15, 0.2) is 23.6 Å². The molecule has 1 heterocycles. The summed E-state index contributed by atoms with van der Waals surface area (Å²) in [6.45, 7) is -0.0170. The first-order valence-corrected chi connectivity index (χ1v) is 6.79. The highest BCUT2D eigenvalue weighted by Crippen LogP contribution is 2.30. The van der Waals surface area contributed by atoms with Crippen LogP contribution in [0.2, 0.25) is 5.02 Å². The van der Waals surface area contributed by atoms with E-state index in [1.165, 1.54) is 18.2 Å². The molecule has 1 aromatic heterocycles. The highest BCUT2D eigenvalue weighted by atomic mass is 35.5. The SMILES string of the molecule is NNC(=O)c1nc(COc2ccc(Cl)cc2[N+](=O)[O-])cs1. The first kappa shape index (κ1) is 15.2. The molecule has 0 radical (unpaired) electrons. The van der Waals surface area contributed by atoms with Gasteiger partial charge in [0.25, 0.3) is 5.91 Å². The van der Waals surface area contributed by atoms with E-state index in [1.54, 1.807) is 5.38 Å². The third-order valence-electron chi connectivity index (χ3n) is 2.37. The zero-order valence-electron chi connectivity index (χ0n) is 10.4. The largest absolute Gasteiger partial charge is 0.480 e. The van der Waals surface area contributed by atoms with E-state index in [4.69, 9.17) is 22.2 Å². The lowest BCUT2D eigenvalue weighted by Gasteiger charge is -2.05. The van der Waals surface area contributed by atoms with Crippen LogP contribution in [-0.4, -0.2) is 15.8 Å². The van der Waals surface area contributed by atoms with Crippen LogP contribution < -0.4 is 16.0 Å². The summed E-state index contributed by atoms with van der Waals surface area (Å²) in [6.07, 6.45) is 0. The Morgan fingerprint density at radius 2 is 2.33 bits per heavy atom. The molecule has 0 bridgehead atoms. The molecule has 110 valence electrons. The number of aromatic nitrogens is 1. The van der Waals surface area contributed by atoms with Crippen LogP contribution in [0.4, 0.5) is 5.69 Å². The van der Waals surface area contributed by atoms with Crippen molar-refractivity contribution in [3.8, 4) is 5.75 Å². The molecule has 0 saturated heterocycles. The number of hydrogen-bond acceptors (Lipinski definition) is 7. The number of nitrogens with two attached hydrogens (primary N) is 1. The predicted octanol–water partition coefficient (Wildman–Crippen LogP) is 1.89. The summed E-state index contributed by atoms with van der Waals surface area (Å²) >= 11 is 6.80. The number of nitrogens with one attached hydrogen (secondary N) is 1. The number of ether oxygens (including phenoxy) is 1. The topological polar surface area (TPSA) is 120 Å². The second-order valence-corrected chi connectivity index (χ2v) is 5.07. The quantitative estimate of drug-likeness (QED) is 0.374. The Kier molecular flexibility index (Phi) is 4.68. The van der Waals surface area contributed by atoms with Gasteiger partial charge in [0.2, 0.25) is 0 Å². The zero-order valence-corrected chi connectivity index (χ0v) is 12.0. The molecule has 2 rings (SSSR count). The number of hydrogen-bond donors (Lipinski definition) is 2. The molecule has 0 atom stereocenters. The number of nitro groups is 1. The molecule has 0 aliphatic heterocycles. The molecule has 3 N–H and O–H groups in total. The van der Waals surface area contributed by atoms with E-state index in [-0.39, 0.29) is 28.1 Å². The van der Waals surface area contributed by atoms with Crippen molar-refractivity contribution in [3.05, 3.63) is 49.4 Å². The maximum absolute atomic E-state index is 11.2. The molecule has 2 aromatic rings. The van der Waals surface area contributed by atoms with Crippen LogP contribution in [0.25, 0.3) is 0 Å². The van der Waals surface area contributed by atoms with Gasteiger partial charge in [0.15, 0.2) is 10.8 Å². The highest BCUT2D eigenvalue weighted by molar-refractivity contribution is 7.11. The van der Waals surface area contributed by atoms with E-state index in [2.05, 4.69) is 4.98 Å². The Labute approximate surface area is 127 Å². The van der Waals surface area contributed by atoms with E-state index >= 15 is 0 Å². The fourth-order valence-electron chi connectivity index (χ4n) is 1.45. The molecule has 0 aliphatic rings. The summed E-state index contributed by atoms with van der Waals surface area (Å²) in [4.78, 5) is 25.6. The summed E-state index contributed by atoms with van der Waals surface area (Å²) in [5.41, 5.74) is 2.19. The molecular formula is C11H9ClN4O4S. The molecule has 0 spiro atoms. The van der Waals surface area contributed by atoms with Gasteiger partial charge in [-0.25, -0.2) is 10.8 Å². The number of nitrogens with zero attached hydrogens (tertiary/aromatic N) is 2. The van der Waals surface area contributed by atoms with Gasteiger partial charge in [-0.2, -0.15) is 0 Å². The second-order valence-electron chi connectivity index (χ2n) is 3.78.